The first-order chi connectivity index (χ1) is 9.49. The lowest BCUT2D eigenvalue weighted by atomic mass is 10.1. The topological polar surface area (TPSA) is 59.1 Å². The molecule has 0 radical (unpaired) electrons. The van der Waals surface area contributed by atoms with E-state index in [1.54, 1.807) is 19.1 Å². The van der Waals surface area contributed by atoms with Crippen LogP contribution < -0.4 is 10.5 Å². The molecule has 20 heavy (non-hydrogen) atoms. The molecule has 0 saturated heterocycles. The van der Waals surface area contributed by atoms with Gasteiger partial charge in [-0.05, 0) is 30.7 Å². The Balaban J connectivity index is 2.23. The first-order valence-corrected chi connectivity index (χ1v) is 6.00. The molecule has 0 aliphatic carbocycles. The number of ether oxygens (including phenoxy) is 1. The average molecular weight is 276 g/mol. The smallest absolute Gasteiger partial charge is 0.167 e. The van der Waals surface area contributed by atoms with E-state index in [9.17, 15) is 8.78 Å². The predicted molar refractivity (Wildman–Crippen MR) is 72.9 cm³/mol. The number of hydrogen-bond acceptors (Lipinski definition) is 2. The highest BCUT2D eigenvalue weighted by Gasteiger charge is 2.10. The van der Waals surface area contributed by atoms with Crippen molar-refractivity contribution in [3.63, 3.8) is 0 Å². The average Bonchev–Trinajstić information content (AvgIpc) is 2.41. The predicted octanol–water partition coefficient (Wildman–Crippen LogP) is 3.14. The van der Waals surface area contributed by atoms with Crippen LogP contribution in [-0.2, 0) is 6.61 Å². The molecule has 0 bridgehead atoms. The Morgan fingerprint density at radius 2 is 2.00 bits per heavy atom. The lowest BCUT2D eigenvalue weighted by Gasteiger charge is -2.11. The van der Waals surface area contributed by atoms with Gasteiger partial charge in [0.05, 0.1) is 0 Å². The Morgan fingerprint density at radius 3 is 2.70 bits per heavy atom. The van der Waals surface area contributed by atoms with Crippen molar-refractivity contribution >= 4 is 5.84 Å². The molecular formula is C15H14F2N2O. The van der Waals surface area contributed by atoms with Crippen LogP contribution in [0.3, 0.4) is 0 Å². The van der Waals surface area contributed by atoms with Crippen LogP contribution in [0.1, 0.15) is 16.7 Å². The molecule has 104 valence electrons. The minimum atomic E-state index is -0.485. The molecule has 0 amide bonds. The first kappa shape index (κ1) is 14.0. The molecule has 0 spiro atoms. The normalized spacial score (nSPS) is 10.3. The number of aryl methyl sites for hydroxylation is 1. The number of halogens is 2. The zero-order valence-corrected chi connectivity index (χ0v) is 10.9. The third-order valence-electron chi connectivity index (χ3n) is 2.90. The highest BCUT2D eigenvalue weighted by Crippen LogP contribution is 2.21. The molecule has 0 heterocycles. The van der Waals surface area contributed by atoms with Gasteiger partial charge in [0.15, 0.2) is 11.6 Å². The zero-order chi connectivity index (χ0) is 14.7. The van der Waals surface area contributed by atoms with Crippen molar-refractivity contribution in [3.8, 4) is 5.75 Å². The molecule has 2 aromatic carbocycles. The molecule has 0 aliphatic rings. The summed E-state index contributed by atoms with van der Waals surface area (Å²) in [4.78, 5) is 0. The van der Waals surface area contributed by atoms with E-state index in [-0.39, 0.29) is 23.8 Å². The van der Waals surface area contributed by atoms with Gasteiger partial charge in [-0.1, -0.05) is 18.2 Å². The number of hydrogen-bond donors (Lipinski definition) is 2. The molecule has 2 rings (SSSR count). The third-order valence-corrected chi connectivity index (χ3v) is 2.90. The number of amidine groups is 1. The van der Waals surface area contributed by atoms with Gasteiger partial charge in [-0.3, -0.25) is 5.41 Å². The molecule has 3 N–H and O–H groups in total. The molecule has 0 atom stereocenters. The fourth-order valence-corrected chi connectivity index (χ4v) is 1.81. The van der Waals surface area contributed by atoms with Gasteiger partial charge in [-0.25, -0.2) is 8.78 Å². The number of rotatable bonds is 4. The molecule has 0 fully saturated rings. The van der Waals surface area contributed by atoms with Crippen LogP contribution in [-0.4, -0.2) is 5.84 Å². The second-order valence-electron chi connectivity index (χ2n) is 4.39. The largest absolute Gasteiger partial charge is 0.486 e. The maximum Gasteiger partial charge on any atom is 0.167 e. The Kier molecular flexibility index (Phi) is 3.98. The quantitative estimate of drug-likeness (QED) is 0.665. The summed E-state index contributed by atoms with van der Waals surface area (Å²) in [6, 6.07) is 8.72. The standard InChI is InChI=1S/C15H14F2N2O/c1-9-3-2-4-13(14(9)17)20-8-10-5-6-11(16)7-12(10)15(18)19/h2-7H,8H2,1H3,(H3,18,19). The maximum absolute atomic E-state index is 13.8. The van der Waals surface area contributed by atoms with Gasteiger partial charge in [0.25, 0.3) is 0 Å². The van der Waals surface area contributed by atoms with E-state index in [4.69, 9.17) is 15.9 Å². The summed E-state index contributed by atoms with van der Waals surface area (Å²) in [6.07, 6.45) is 0. The van der Waals surface area contributed by atoms with E-state index in [0.29, 0.717) is 11.1 Å². The van der Waals surface area contributed by atoms with Crippen LogP contribution in [0.5, 0.6) is 5.75 Å². The van der Waals surface area contributed by atoms with Gasteiger partial charge in [0, 0.05) is 11.1 Å². The van der Waals surface area contributed by atoms with Crippen LogP contribution in [0.2, 0.25) is 0 Å². The summed E-state index contributed by atoms with van der Waals surface area (Å²) in [5.41, 5.74) is 6.65. The SMILES string of the molecule is Cc1cccc(OCc2ccc(F)cc2C(=N)N)c1F. The molecule has 0 aromatic heterocycles. The molecule has 5 heteroatoms. The number of nitrogens with one attached hydrogen (secondary N) is 1. The number of nitrogen functional groups attached to an aromatic ring is 1. The van der Waals surface area contributed by atoms with Crippen LogP contribution in [0.25, 0.3) is 0 Å². The van der Waals surface area contributed by atoms with Crippen molar-refractivity contribution in [2.24, 2.45) is 5.73 Å². The summed E-state index contributed by atoms with van der Waals surface area (Å²) in [6.45, 7) is 1.65. The van der Waals surface area contributed by atoms with E-state index in [0.717, 1.165) is 6.07 Å². The molecule has 3 nitrogen and oxygen atoms in total. The van der Waals surface area contributed by atoms with Gasteiger partial charge in [-0.2, -0.15) is 0 Å². The van der Waals surface area contributed by atoms with E-state index in [1.807, 2.05) is 0 Å². The lowest BCUT2D eigenvalue weighted by Crippen LogP contribution is -2.15. The lowest BCUT2D eigenvalue weighted by molar-refractivity contribution is 0.289. The van der Waals surface area contributed by atoms with Gasteiger partial charge in [-0.15, -0.1) is 0 Å². The van der Waals surface area contributed by atoms with Gasteiger partial charge < -0.3 is 10.5 Å². The molecule has 0 unspecified atom stereocenters. The molecule has 0 saturated carbocycles. The van der Waals surface area contributed by atoms with E-state index in [1.165, 1.54) is 18.2 Å². The summed E-state index contributed by atoms with van der Waals surface area (Å²) in [7, 11) is 0. The summed E-state index contributed by atoms with van der Waals surface area (Å²) in [5, 5.41) is 7.41. The molecule has 0 aliphatic heterocycles. The molecule has 2 aromatic rings. The molecular weight excluding hydrogens is 262 g/mol. The minimum absolute atomic E-state index is 0.00949. The highest BCUT2D eigenvalue weighted by molar-refractivity contribution is 5.96. The maximum atomic E-state index is 13.8. The second kappa shape index (κ2) is 5.69. The Morgan fingerprint density at radius 1 is 1.25 bits per heavy atom. The van der Waals surface area contributed by atoms with E-state index in [2.05, 4.69) is 0 Å². The Bertz CT molecular complexity index is 656. The Labute approximate surface area is 115 Å². The third kappa shape index (κ3) is 2.93. The van der Waals surface area contributed by atoms with Crippen molar-refractivity contribution < 1.29 is 13.5 Å². The van der Waals surface area contributed by atoms with Crippen LogP contribution in [0.4, 0.5) is 8.78 Å². The first-order valence-electron chi connectivity index (χ1n) is 6.00. The van der Waals surface area contributed by atoms with Gasteiger partial charge in [0.2, 0.25) is 0 Å². The number of benzene rings is 2. The van der Waals surface area contributed by atoms with Crippen LogP contribution >= 0.6 is 0 Å². The Hall–Kier alpha value is -2.43. The summed E-state index contributed by atoms with van der Waals surface area (Å²) in [5.74, 6) is -1.06. The van der Waals surface area contributed by atoms with Crippen molar-refractivity contribution in [2.45, 2.75) is 13.5 Å². The van der Waals surface area contributed by atoms with Crippen LogP contribution in [0, 0.1) is 24.0 Å². The van der Waals surface area contributed by atoms with Crippen molar-refractivity contribution in [3.05, 3.63) is 64.7 Å². The minimum Gasteiger partial charge on any atom is -0.486 e. The zero-order valence-electron chi connectivity index (χ0n) is 10.9. The number of nitrogens with two attached hydrogens (primary N) is 1. The highest BCUT2D eigenvalue weighted by atomic mass is 19.1. The van der Waals surface area contributed by atoms with Crippen molar-refractivity contribution in [2.75, 3.05) is 0 Å². The van der Waals surface area contributed by atoms with Gasteiger partial charge in [0.1, 0.15) is 18.3 Å². The van der Waals surface area contributed by atoms with Crippen molar-refractivity contribution in [1.29, 1.82) is 5.41 Å². The fraction of sp³-hybridized carbons (Fsp3) is 0.133. The summed E-state index contributed by atoms with van der Waals surface area (Å²) < 4.78 is 32.3. The van der Waals surface area contributed by atoms with E-state index >= 15 is 0 Å². The van der Waals surface area contributed by atoms with E-state index < -0.39 is 11.6 Å². The fourth-order valence-electron chi connectivity index (χ4n) is 1.81. The monoisotopic (exact) mass is 276 g/mol. The summed E-state index contributed by atoms with van der Waals surface area (Å²) >= 11 is 0. The second-order valence-corrected chi connectivity index (χ2v) is 4.39. The van der Waals surface area contributed by atoms with Gasteiger partial charge >= 0.3 is 0 Å². The van der Waals surface area contributed by atoms with Crippen LogP contribution in [0.15, 0.2) is 36.4 Å². The van der Waals surface area contributed by atoms with Crippen molar-refractivity contribution in [1.82, 2.24) is 0 Å².